The van der Waals surface area contributed by atoms with Crippen LogP contribution in [0, 0.1) is 0 Å². The molecule has 0 aliphatic carbocycles. The molecule has 178 valence electrons. The molecule has 1 aliphatic heterocycles. The number of nitrogens with one attached hydrogen (secondary N) is 3. The van der Waals surface area contributed by atoms with Gasteiger partial charge in [-0.25, -0.2) is 4.79 Å². The Hall–Kier alpha value is -4.21. The standard InChI is InChI=1S/C24H26N4O6/c1-13(21(31)28-20-9-7-6-8-19(20)27-23(33)24(28,4)5)34-22(32)16-10-17(25-14(2)29)12-18(11-16)26-15(3)30/h6-13H,1-5H3,(H,25,29)(H,26,30)(H,27,33)/t13-/m0/s1. The van der Waals surface area contributed by atoms with Crippen molar-refractivity contribution < 1.29 is 28.7 Å². The molecule has 0 aromatic heterocycles. The molecule has 34 heavy (non-hydrogen) atoms. The van der Waals surface area contributed by atoms with E-state index >= 15 is 0 Å². The van der Waals surface area contributed by atoms with Gasteiger partial charge in [-0.15, -0.1) is 0 Å². The first-order valence-corrected chi connectivity index (χ1v) is 10.6. The summed E-state index contributed by atoms with van der Waals surface area (Å²) >= 11 is 0. The number of benzene rings is 2. The van der Waals surface area contributed by atoms with E-state index in [0.717, 1.165) is 0 Å². The van der Waals surface area contributed by atoms with Crippen molar-refractivity contribution in [3.63, 3.8) is 0 Å². The second-order valence-electron chi connectivity index (χ2n) is 8.41. The largest absolute Gasteiger partial charge is 0.449 e. The van der Waals surface area contributed by atoms with Crippen LogP contribution in [-0.4, -0.2) is 41.2 Å². The van der Waals surface area contributed by atoms with E-state index < -0.39 is 23.5 Å². The van der Waals surface area contributed by atoms with Gasteiger partial charge in [0.25, 0.3) is 5.91 Å². The predicted octanol–water partition coefficient (Wildman–Crippen LogP) is 2.91. The normalized spacial score (nSPS) is 14.9. The molecule has 10 heteroatoms. The van der Waals surface area contributed by atoms with Crippen molar-refractivity contribution in [2.24, 2.45) is 0 Å². The van der Waals surface area contributed by atoms with Crippen LogP contribution in [0.1, 0.15) is 45.0 Å². The van der Waals surface area contributed by atoms with Gasteiger partial charge in [0.1, 0.15) is 5.54 Å². The molecule has 0 saturated heterocycles. The van der Waals surface area contributed by atoms with Gasteiger partial charge in [-0.1, -0.05) is 12.1 Å². The molecule has 2 aromatic rings. The van der Waals surface area contributed by atoms with Crippen molar-refractivity contribution in [3.8, 4) is 0 Å². The predicted molar refractivity (Wildman–Crippen MR) is 127 cm³/mol. The zero-order chi connectivity index (χ0) is 25.2. The van der Waals surface area contributed by atoms with E-state index in [4.69, 9.17) is 4.74 Å². The first kappa shape index (κ1) is 24.4. The second-order valence-corrected chi connectivity index (χ2v) is 8.41. The van der Waals surface area contributed by atoms with Crippen molar-refractivity contribution >= 4 is 52.3 Å². The molecule has 0 spiro atoms. The average molecular weight is 466 g/mol. The summed E-state index contributed by atoms with van der Waals surface area (Å²) in [5.41, 5.74) is 0.295. The number of ether oxygens (including phenoxy) is 1. The smallest absolute Gasteiger partial charge is 0.339 e. The van der Waals surface area contributed by atoms with Crippen LogP contribution in [0.3, 0.4) is 0 Å². The van der Waals surface area contributed by atoms with E-state index in [0.29, 0.717) is 11.4 Å². The van der Waals surface area contributed by atoms with Crippen molar-refractivity contribution in [1.82, 2.24) is 0 Å². The third kappa shape index (κ3) is 5.06. The molecule has 1 heterocycles. The van der Waals surface area contributed by atoms with Crippen LogP contribution in [0.5, 0.6) is 0 Å². The molecule has 2 aromatic carbocycles. The minimum Gasteiger partial charge on any atom is -0.449 e. The highest BCUT2D eigenvalue weighted by atomic mass is 16.5. The lowest BCUT2D eigenvalue weighted by Gasteiger charge is -2.42. The molecule has 3 rings (SSSR count). The Morgan fingerprint density at radius 2 is 1.53 bits per heavy atom. The number of hydrogen-bond acceptors (Lipinski definition) is 6. The van der Waals surface area contributed by atoms with Gasteiger partial charge in [0.15, 0.2) is 6.10 Å². The Labute approximate surface area is 196 Å². The SMILES string of the molecule is CC(=O)Nc1cc(NC(C)=O)cc(C(=O)O[C@@H](C)C(=O)N2c3ccccc3NC(=O)C2(C)C)c1. The summed E-state index contributed by atoms with van der Waals surface area (Å²) in [6.45, 7) is 7.22. The van der Waals surface area contributed by atoms with Crippen LogP contribution in [0.15, 0.2) is 42.5 Å². The van der Waals surface area contributed by atoms with Crippen LogP contribution >= 0.6 is 0 Å². The lowest BCUT2D eigenvalue weighted by Crippen LogP contribution is -2.60. The molecule has 1 atom stereocenters. The molecule has 0 unspecified atom stereocenters. The van der Waals surface area contributed by atoms with Crippen LogP contribution < -0.4 is 20.9 Å². The summed E-state index contributed by atoms with van der Waals surface area (Å²) in [7, 11) is 0. The molecule has 4 amide bonds. The Bertz CT molecular complexity index is 1160. The fraction of sp³-hybridized carbons (Fsp3) is 0.292. The van der Waals surface area contributed by atoms with E-state index in [1.165, 1.54) is 43.9 Å². The third-order valence-electron chi connectivity index (χ3n) is 5.17. The summed E-state index contributed by atoms with van der Waals surface area (Å²) in [5, 5.41) is 7.88. The van der Waals surface area contributed by atoms with Gasteiger partial charge in [0, 0.05) is 25.2 Å². The molecule has 10 nitrogen and oxygen atoms in total. The molecule has 3 N–H and O–H groups in total. The first-order chi connectivity index (χ1) is 15.9. The number of nitrogens with zero attached hydrogens (tertiary/aromatic N) is 1. The number of carbonyl (C=O) groups is 5. The summed E-state index contributed by atoms with van der Waals surface area (Å²) in [6.07, 6.45) is -1.24. The molecule has 1 aliphatic rings. The molecular weight excluding hydrogens is 440 g/mol. The van der Waals surface area contributed by atoms with Gasteiger partial charge in [-0.3, -0.25) is 24.1 Å². The second kappa shape index (κ2) is 9.34. The van der Waals surface area contributed by atoms with Crippen LogP contribution in [-0.2, 0) is 23.9 Å². The summed E-state index contributed by atoms with van der Waals surface area (Å²) in [6, 6.07) is 11.1. The number of carbonyl (C=O) groups excluding carboxylic acids is 5. The average Bonchev–Trinajstić information content (AvgIpc) is 2.72. The van der Waals surface area contributed by atoms with E-state index in [1.807, 2.05) is 0 Å². The maximum atomic E-state index is 13.4. The minimum atomic E-state index is -1.24. The zero-order valence-corrected chi connectivity index (χ0v) is 19.5. The van der Waals surface area contributed by atoms with Gasteiger partial charge in [0.05, 0.1) is 16.9 Å². The van der Waals surface area contributed by atoms with E-state index in [-0.39, 0.29) is 34.7 Å². The van der Waals surface area contributed by atoms with Crippen LogP contribution in [0.4, 0.5) is 22.7 Å². The summed E-state index contributed by atoms with van der Waals surface area (Å²) < 4.78 is 5.43. The molecular formula is C24H26N4O6. The highest BCUT2D eigenvalue weighted by Gasteiger charge is 2.45. The Balaban J connectivity index is 1.88. The van der Waals surface area contributed by atoms with Crippen molar-refractivity contribution in [2.75, 3.05) is 20.9 Å². The quantitative estimate of drug-likeness (QED) is 0.580. The van der Waals surface area contributed by atoms with Crippen molar-refractivity contribution in [3.05, 3.63) is 48.0 Å². The van der Waals surface area contributed by atoms with Crippen molar-refractivity contribution in [1.29, 1.82) is 0 Å². The zero-order valence-electron chi connectivity index (χ0n) is 19.5. The number of rotatable bonds is 5. The number of anilines is 4. The maximum Gasteiger partial charge on any atom is 0.339 e. The minimum absolute atomic E-state index is 0.0192. The number of para-hydroxylation sites is 2. The van der Waals surface area contributed by atoms with Gasteiger partial charge < -0.3 is 20.7 Å². The maximum absolute atomic E-state index is 13.4. The van der Waals surface area contributed by atoms with Gasteiger partial charge in [0.2, 0.25) is 17.7 Å². The summed E-state index contributed by atoms with van der Waals surface area (Å²) in [4.78, 5) is 63.1. The van der Waals surface area contributed by atoms with Crippen LogP contribution in [0.25, 0.3) is 0 Å². The Morgan fingerprint density at radius 1 is 0.971 bits per heavy atom. The Kier molecular flexibility index (Phi) is 6.71. The highest BCUT2D eigenvalue weighted by molar-refractivity contribution is 6.15. The number of fused-ring (bicyclic) bond motifs is 1. The lowest BCUT2D eigenvalue weighted by atomic mass is 9.95. The van der Waals surface area contributed by atoms with E-state index in [9.17, 15) is 24.0 Å². The highest BCUT2D eigenvalue weighted by Crippen LogP contribution is 2.37. The lowest BCUT2D eigenvalue weighted by molar-refractivity contribution is -0.131. The molecule has 0 saturated carbocycles. The van der Waals surface area contributed by atoms with E-state index in [2.05, 4.69) is 16.0 Å². The molecule has 0 radical (unpaired) electrons. The summed E-state index contributed by atoms with van der Waals surface area (Å²) in [5.74, 6) is -2.53. The monoisotopic (exact) mass is 466 g/mol. The first-order valence-electron chi connectivity index (χ1n) is 10.6. The molecule has 0 bridgehead atoms. The van der Waals surface area contributed by atoms with Crippen LogP contribution in [0.2, 0.25) is 0 Å². The Morgan fingerprint density at radius 3 is 2.09 bits per heavy atom. The topological polar surface area (TPSA) is 134 Å². The van der Waals surface area contributed by atoms with E-state index in [1.54, 1.807) is 38.1 Å². The van der Waals surface area contributed by atoms with Crippen molar-refractivity contribution in [2.45, 2.75) is 46.3 Å². The fourth-order valence-electron chi connectivity index (χ4n) is 3.60. The van der Waals surface area contributed by atoms with Gasteiger partial charge in [-0.05, 0) is 51.1 Å². The number of amides is 4. The number of hydrogen-bond donors (Lipinski definition) is 3. The van der Waals surface area contributed by atoms with Gasteiger partial charge >= 0.3 is 5.97 Å². The third-order valence-corrected chi connectivity index (χ3v) is 5.17. The van der Waals surface area contributed by atoms with Gasteiger partial charge in [-0.2, -0.15) is 0 Å². The number of esters is 1. The fourth-order valence-corrected chi connectivity index (χ4v) is 3.60. The molecule has 0 fully saturated rings.